The number of carbonyl (C=O) groups excluding carboxylic acids is 2. The molecule has 3 aromatic carbocycles. The summed E-state index contributed by atoms with van der Waals surface area (Å²) in [5.41, 5.74) is 3.45. The number of hydrogen-bond donors (Lipinski definition) is 2. The summed E-state index contributed by atoms with van der Waals surface area (Å²) in [5, 5.41) is 20.2. The van der Waals surface area contributed by atoms with Gasteiger partial charge in [-0.1, -0.05) is 44.2 Å². The lowest BCUT2D eigenvalue weighted by Gasteiger charge is -2.34. The fraction of sp³-hybridized carbons (Fsp3) is 0.432. The monoisotopic (exact) mass is 655 g/mol. The fourth-order valence-electron chi connectivity index (χ4n) is 6.71. The van der Waals surface area contributed by atoms with E-state index in [1.165, 1.54) is 0 Å². The lowest BCUT2D eigenvalue weighted by Crippen LogP contribution is -2.48. The molecule has 3 aromatic rings. The molecule has 254 valence electrons. The van der Waals surface area contributed by atoms with Gasteiger partial charge in [0, 0.05) is 39.3 Å². The van der Waals surface area contributed by atoms with Crippen LogP contribution < -0.4 is 4.74 Å². The zero-order valence-electron chi connectivity index (χ0n) is 27.9. The van der Waals surface area contributed by atoms with Crippen LogP contribution in [-0.4, -0.2) is 114 Å². The number of phenols is 2. The highest BCUT2D eigenvalue weighted by Gasteiger charge is 2.45. The van der Waals surface area contributed by atoms with Crippen LogP contribution in [0.25, 0.3) is 0 Å². The molecule has 11 nitrogen and oxygen atoms in total. The van der Waals surface area contributed by atoms with E-state index in [9.17, 15) is 19.8 Å². The van der Waals surface area contributed by atoms with Crippen molar-refractivity contribution in [2.24, 2.45) is 4.99 Å². The Balaban J connectivity index is 1.36. The van der Waals surface area contributed by atoms with Gasteiger partial charge in [0.05, 0.1) is 38.5 Å². The third kappa shape index (κ3) is 7.12. The molecule has 0 saturated carbocycles. The van der Waals surface area contributed by atoms with Crippen LogP contribution in [0.3, 0.4) is 0 Å². The zero-order chi connectivity index (χ0) is 33.8. The Kier molecular flexibility index (Phi) is 10.2. The van der Waals surface area contributed by atoms with Gasteiger partial charge in [0.2, 0.25) is 5.91 Å². The summed E-state index contributed by atoms with van der Waals surface area (Å²) < 4.78 is 11.3. The van der Waals surface area contributed by atoms with Crippen molar-refractivity contribution in [1.82, 2.24) is 19.6 Å². The summed E-state index contributed by atoms with van der Waals surface area (Å²) in [7, 11) is 1.63. The molecule has 48 heavy (non-hydrogen) atoms. The van der Waals surface area contributed by atoms with Gasteiger partial charge < -0.3 is 29.5 Å². The highest BCUT2D eigenvalue weighted by atomic mass is 16.5. The number of aromatic hydroxyl groups is 2. The lowest BCUT2D eigenvalue weighted by atomic mass is 9.93. The van der Waals surface area contributed by atoms with E-state index in [-0.39, 0.29) is 29.4 Å². The average Bonchev–Trinajstić information content (AvgIpc) is 3.34. The molecule has 0 aliphatic carbocycles. The first-order valence-corrected chi connectivity index (χ1v) is 16.7. The summed E-state index contributed by atoms with van der Waals surface area (Å²) in [4.78, 5) is 40.8. The number of morpholine rings is 1. The van der Waals surface area contributed by atoms with Crippen molar-refractivity contribution in [2.75, 3.05) is 66.1 Å². The van der Waals surface area contributed by atoms with Crippen molar-refractivity contribution in [3.63, 3.8) is 0 Å². The highest BCUT2D eigenvalue weighted by molar-refractivity contribution is 6.11. The van der Waals surface area contributed by atoms with Crippen LogP contribution in [0.5, 0.6) is 17.2 Å². The van der Waals surface area contributed by atoms with Crippen molar-refractivity contribution < 1.29 is 29.3 Å². The van der Waals surface area contributed by atoms with Crippen LogP contribution in [0, 0.1) is 0 Å². The second-order valence-electron chi connectivity index (χ2n) is 12.9. The maximum absolute atomic E-state index is 14.9. The Hall–Kier alpha value is -4.61. The quantitative estimate of drug-likeness (QED) is 0.377. The van der Waals surface area contributed by atoms with Crippen molar-refractivity contribution in [1.29, 1.82) is 0 Å². The molecule has 6 rings (SSSR count). The predicted octanol–water partition coefficient (Wildman–Crippen LogP) is 4.76. The Morgan fingerprint density at radius 1 is 0.854 bits per heavy atom. The lowest BCUT2D eigenvalue weighted by molar-refractivity contribution is -0.136. The number of ether oxygens (including phenoxy) is 2. The summed E-state index contributed by atoms with van der Waals surface area (Å²) in [5.74, 6) is 1.75. The predicted molar refractivity (Wildman–Crippen MR) is 183 cm³/mol. The molecule has 0 radical (unpaired) electrons. The van der Waals surface area contributed by atoms with Crippen molar-refractivity contribution in [3.05, 3.63) is 89.0 Å². The van der Waals surface area contributed by atoms with E-state index in [1.807, 2.05) is 52.3 Å². The molecule has 2 unspecified atom stereocenters. The molecular weight excluding hydrogens is 610 g/mol. The third-order valence-electron chi connectivity index (χ3n) is 9.46. The first kappa shape index (κ1) is 33.3. The van der Waals surface area contributed by atoms with Crippen LogP contribution in [0.1, 0.15) is 60.5 Å². The maximum Gasteiger partial charge on any atom is 0.326 e. The van der Waals surface area contributed by atoms with Gasteiger partial charge in [0.25, 0.3) is 0 Å². The SMILES string of the molecule is COc1cc(C(C)C)ccc1C1=NC(c2ccc(O)cc2)C(c2ccc(O)cc2)N1C(=O)N1CCCN(CC(=O)N2CCOCC2)CC1. The first-order chi connectivity index (χ1) is 23.2. The largest absolute Gasteiger partial charge is 0.508 e. The number of amidine groups is 1. The van der Waals surface area contributed by atoms with E-state index in [0.717, 1.165) is 23.1 Å². The minimum atomic E-state index is -0.547. The number of methoxy groups -OCH3 is 1. The second-order valence-corrected chi connectivity index (χ2v) is 12.9. The van der Waals surface area contributed by atoms with Gasteiger partial charge in [0.15, 0.2) is 0 Å². The van der Waals surface area contributed by atoms with Crippen molar-refractivity contribution in [2.45, 2.75) is 38.3 Å². The molecule has 2 atom stereocenters. The van der Waals surface area contributed by atoms with Gasteiger partial charge in [-0.2, -0.15) is 0 Å². The molecule has 3 aliphatic heterocycles. The summed E-state index contributed by atoms with van der Waals surface area (Å²) in [6, 6.07) is 18.6. The molecule has 0 bridgehead atoms. The molecule has 2 saturated heterocycles. The normalized spacial score (nSPS) is 20.5. The number of aliphatic imine (C=N–C) groups is 1. The number of rotatable bonds is 7. The minimum absolute atomic E-state index is 0.0908. The molecule has 3 heterocycles. The van der Waals surface area contributed by atoms with Crippen LogP contribution in [0.2, 0.25) is 0 Å². The van der Waals surface area contributed by atoms with Crippen LogP contribution >= 0.6 is 0 Å². The van der Waals surface area contributed by atoms with E-state index in [4.69, 9.17) is 14.5 Å². The van der Waals surface area contributed by atoms with Crippen LogP contribution in [0.15, 0.2) is 71.7 Å². The number of benzene rings is 3. The summed E-state index contributed by atoms with van der Waals surface area (Å²) in [6.07, 6.45) is 0.722. The third-order valence-corrected chi connectivity index (χ3v) is 9.46. The van der Waals surface area contributed by atoms with Gasteiger partial charge >= 0.3 is 6.03 Å². The molecule has 2 N–H and O–H groups in total. The van der Waals surface area contributed by atoms with E-state index in [0.29, 0.717) is 76.2 Å². The van der Waals surface area contributed by atoms with Crippen LogP contribution in [0.4, 0.5) is 4.79 Å². The Morgan fingerprint density at radius 2 is 1.52 bits per heavy atom. The second kappa shape index (κ2) is 14.7. The number of nitrogens with zero attached hydrogens (tertiary/aromatic N) is 5. The highest BCUT2D eigenvalue weighted by Crippen LogP contribution is 2.46. The summed E-state index contributed by atoms with van der Waals surface area (Å²) >= 11 is 0. The number of hydrogen-bond acceptors (Lipinski definition) is 8. The molecule has 2 fully saturated rings. The van der Waals surface area contributed by atoms with Crippen molar-refractivity contribution >= 4 is 17.8 Å². The van der Waals surface area contributed by atoms with Gasteiger partial charge in [-0.05, 0) is 65.4 Å². The molecule has 3 amide bonds. The molecule has 0 spiro atoms. The van der Waals surface area contributed by atoms with Crippen LogP contribution in [-0.2, 0) is 9.53 Å². The van der Waals surface area contributed by atoms with Gasteiger partial charge in [-0.15, -0.1) is 0 Å². The minimum Gasteiger partial charge on any atom is -0.508 e. The van der Waals surface area contributed by atoms with Gasteiger partial charge in [0.1, 0.15) is 29.1 Å². The number of urea groups is 1. The maximum atomic E-state index is 14.9. The molecule has 3 aliphatic rings. The Morgan fingerprint density at radius 3 is 2.17 bits per heavy atom. The molecule has 11 heteroatoms. The van der Waals surface area contributed by atoms with Gasteiger partial charge in [-0.25, -0.2) is 4.79 Å². The van der Waals surface area contributed by atoms with E-state index in [2.05, 4.69) is 18.7 Å². The first-order valence-electron chi connectivity index (χ1n) is 16.7. The van der Waals surface area contributed by atoms with E-state index in [1.54, 1.807) is 36.3 Å². The Bertz CT molecular complexity index is 1620. The number of amides is 3. The standard InChI is InChI=1S/C37H45N5O6/c1-25(2)28-9-14-31(32(23-28)47-3)36-38-34(26-5-10-29(43)11-6-26)35(27-7-12-30(44)13-8-27)42(36)37(46)41-16-4-15-39(17-18-41)24-33(45)40-19-21-48-22-20-40/h5-14,23,25,34-35,43-44H,4,15-22,24H2,1-3H3. The Labute approximate surface area is 282 Å². The number of phenolic OH excluding ortho intramolecular Hbond substituents is 2. The summed E-state index contributed by atoms with van der Waals surface area (Å²) in [6.45, 7) is 9.16. The van der Waals surface area contributed by atoms with Crippen molar-refractivity contribution in [3.8, 4) is 17.2 Å². The molecular formula is C37H45N5O6. The average molecular weight is 656 g/mol. The fourth-order valence-corrected chi connectivity index (χ4v) is 6.71. The topological polar surface area (TPSA) is 118 Å². The van der Waals surface area contributed by atoms with Gasteiger partial charge in [-0.3, -0.25) is 19.6 Å². The molecule has 0 aromatic heterocycles. The van der Waals surface area contributed by atoms with E-state index >= 15 is 0 Å². The van der Waals surface area contributed by atoms with E-state index < -0.39 is 12.1 Å². The number of carbonyl (C=O) groups is 2. The zero-order valence-corrected chi connectivity index (χ0v) is 27.9. The smallest absolute Gasteiger partial charge is 0.326 e.